The summed E-state index contributed by atoms with van der Waals surface area (Å²) in [5.41, 5.74) is -0.990. The van der Waals surface area contributed by atoms with Crippen LogP contribution in [-0.4, -0.2) is 45.2 Å². The highest BCUT2D eigenvalue weighted by molar-refractivity contribution is 6.99. The number of hydrogen-bond donors (Lipinski definition) is 1. The molecule has 1 aliphatic carbocycles. The van der Waals surface area contributed by atoms with Crippen molar-refractivity contribution in [2.24, 2.45) is 11.8 Å². The molecule has 1 aliphatic rings. The largest absolute Gasteiger partial charge is 0.466 e. The third kappa shape index (κ3) is 8.82. The van der Waals surface area contributed by atoms with E-state index in [2.05, 4.69) is 93.7 Å². The van der Waals surface area contributed by atoms with Gasteiger partial charge in [0, 0.05) is 18.2 Å². The van der Waals surface area contributed by atoms with Crippen molar-refractivity contribution in [3.8, 4) is 0 Å². The normalized spacial score (nSPS) is 20.1. The predicted molar refractivity (Wildman–Crippen MR) is 177 cm³/mol. The Morgan fingerprint density at radius 1 is 1.00 bits per heavy atom. The molecular formula is C36H53NO5Si. The first-order valence-electron chi connectivity index (χ1n) is 15.7. The molecule has 0 saturated heterocycles. The van der Waals surface area contributed by atoms with Gasteiger partial charge in [-0.2, -0.15) is 0 Å². The topological polar surface area (TPSA) is 73.9 Å². The maximum absolute atomic E-state index is 13.2. The maximum Gasteiger partial charge on any atom is 0.408 e. The van der Waals surface area contributed by atoms with Crippen molar-refractivity contribution in [3.05, 3.63) is 72.8 Å². The highest BCUT2D eigenvalue weighted by atomic mass is 28.4. The Bertz CT molecular complexity index is 1160. The van der Waals surface area contributed by atoms with Crippen LogP contribution in [0.1, 0.15) is 87.0 Å². The van der Waals surface area contributed by atoms with Gasteiger partial charge in [0.15, 0.2) is 0 Å². The van der Waals surface area contributed by atoms with Gasteiger partial charge in [0.25, 0.3) is 8.32 Å². The number of rotatable bonds is 12. The summed E-state index contributed by atoms with van der Waals surface area (Å²) in [4.78, 5) is 24.7. The fourth-order valence-corrected chi connectivity index (χ4v) is 11.5. The van der Waals surface area contributed by atoms with Gasteiger partial charge in [0.1, 0.15) is 5.60 Å². The third-order valence-corrected chi connectivity index (χ3v) is 13.7. The van der Waals surface area contributed by atoms with Gasteiger partial charge in [-0.25, -0.2) is 9.59 Å². The molecule has 2 aromatic rings. The number of esters is 1. The second-order valence-electron chi connectivity index (χ2n) is 14.1. The number of carbonyl (C=O) groups excluding carboxylic acids is 2. The summed E-state index contributed by atoms with van der Waals surface area (Å²) < 4.78 is 17.8. The lowest BCUT2D eigenvalue weighted by atomic mass is 9.76. The lowest BCUT2D eigenvalue weighted by molar-refractivity contribution is -0.134. The Morgan fingerprint density at radius 2 is 1.58 bits per heavy atom. The molecule has 0 heterocycles. The van der Waals surface area contributed by atoms with Gasteiger partial charge in [-0.05, 0) is 80.1 Å². The molecule has 7 heteroatoms. The van der Waals surface area contributed by atoms with Crippen LogP contribution in [0.2, 0.25) is 5.04 Å². The lowest BCUT2D eigenvalue weighted by Crippen LogP contribution is -2.67. The van der Waals surface area contributed by atoms with E-state index in [0.717, 1.165) is 38.5 Å². The zero-order valence-corrected chi connectivity index (χ0v) is 28.6. The van der Waals surface area contributed by atoms with Crippen molar-refractivity contribution in [2.75, 3.05) is 13.7 Å². The molecule has 1 fully saturated rings. The molecule has 1 N–H and O–H groups in total. The highest BCUT2D eigenvalue weighted by Gasteiger charge is 2.52. The van der Waals surface area contributed by atoms with Crippen molar-refractivity contribution >= 4 is 30.8 Å². The summed E-state index contributed by atoms with van der Waals surface area (Å²) in [7, 11) is -1.31. The molecule has 2 aromatic carbocycles. The summed E-state index contributed by atoms with van der Waals surface area (Å²) in [5.74, 6) is 0.0713. The average molecular weight is 608 g/mol. The van der Waals surface area contributed by atoms with E-state index in [1.165, 1.54) is 23.6 Å². The van der Waals surface area contributed by atoms with Gasteiger partial charge in [-0.1, -0.05) is 101 Å². The predicted octanol–water partition coefficient (Wildman–Crippen LogP) is 7.16. The van der Waals surface area contributed by atoms with Crippen molar-refractivity contribution in [3.63, 3.8) is 0 Å². The van der Waals surface area contributed by atoms with Gasteiger partial charge in [-0.3, -0.25) is 0 Å². The smallest absolute Gasteiger partial charge is 0.408 e. The van der Waals surface area contributed by atoms with Crippen LogP contribution in [0.5, 0.6) is 0 Å². The second kappa shape index (κ2) is 14.7. The van der Waals surface area contributed by atoms with Gasteiger partial charge >= 0.3 is 12.1 Å². The van der Waals surface area contributed by atoms with Crippen LogP contribution < -0.4 is 15.7 Å². The van der Waals surface area contributed by atoms with Crippen LogP contribution in [0, 0.1) is 11.8 Å². The Labute approximate surface area is 260 Å². The Kier molecular flexibility index (Phi) is 11.8. The van der Waals surface area contributed by atoms with Crippen molar-refractivity contribution in [2.45, 2.75) is 103 Å². The van der Waals surface area contributed by atoms with Crippen LogP contribution >= 0.6 is 0 Å². The number of ether oxygens (including phenoxy) is 2. The van der Waals surface area contributed by atoms with E-state index in [4.69, 9.17) is 13.9 Å². The number of nitrogens with one attached hydrogen (secondary N) is 1. The molecule has 0 unspecified atom stereocenters. The number of benzene rings is 2. The van der Waals surface area contributed by atoms with Gasteiger partial charge in [0.2, 0.25) is 0 Å². The Morgan fingerprint density at radius 3 is 2.09 bits per heavy atom. The summed E-state index contributed by atoms with van der Waals surface area (Å²) in [6.07, 6.45) is 8.25. The van der Waals surface area contributed by atoms with E-state index in [0.29, 0.717) is 6.61 Å². The number of carbonyl (C=O) groups is 2. The van der Waals surface area contributed by atoms with Crippen LogP contribution in [0.25, 0.3) is 0 Å². The van der Waals surface area contributed by atoms with Crippen molar-refractivity contribution in [1.82, 2.24) is 5.32 Å². The molecule has 0 spiro atoms. The van der Waals surface area contributed by atoms with Crippen LogP contribution in [0.15, 0.2) is 72.8 Å². The summed E-state index contributed by atoms with van der Waals surface area (Å²) in [6.45, 7) is 15.4. The third-order valence-electron chi connectivity index (χ3n) is 8.71. The quantitative estimate of drug-likeness (QED) is 0.120. The molecular weight excluding hydrogens is 554 g/mol. The fraction of sp³-hybridized carbons (Fsp3) is 0.556. The Hall–Kier alpha value is -2.90. The number of unbranched alkanes of at least 4 members (excludes halogenated alkanes) is 1. The molecule has 43 heavy (non-hydrogen) atoms. The monoisotopic (exact) mass is 607 g/mol. The molecule has 236 valence electrons. The van der Waals surface area contributed by atoms with E-state index < -0.39 is 19.5 Å². The molecule has 0 radical (unpaired) electrons. The van der Waals surface area contributed by atoms with E-state index in [1.54, 1.807) is 0 Å². The minimum atomic E-state index is -2.69. The van der Waals surface area contributed by atoms with Crippen molar-refractivity contribution < 1.29 is 23.5 Å². The first-order chi connectivity index (χ1) is 20.2. The van der Waals surface area contributed by atoms with Crippen molar-refractivity contribution in [1.29, 1.82) is 0 Å². The first kappa shape index (κ1) is 34.6. The summed E-state index contributed by atoms with van der Waals surface area (Å²) in [6, 6.07) is 21.5. The maximum atomic E-state index is 13.2. The van der Waals surface area contributed by atoms with Gasteiger partial charge in [0.05, 0.1) is 7.11 Å². The van der Waals surface area contributed by atoms with E-state index in [1.807, 2.05) is 26.8 Å². The summed E-state index contributed by atoms with van der Waals surface area (Å²) in [5, 5.41) is 5.79. The van der Waals surface area contributed by atoms with E-state index in [-0.39, 0.29) is 28.9 Å². The number of allylic oxidation sites excluding steroid dienone is 1. The molecule has 6 nitrogen and oxygen atoms in total. The number of alkyl carbamates (subject to hydrolysis) is 1. The number of hydrogen-bond acceptors (Lipinski definition) is 5. The van der Waals surface area contributed by atoms with Gasteiger partial charge in [-0.15, -0.1) is 0 Å². The van der Waals surface area contributed by atoms with E-state index in [9.17, 15) is 9.59 Å². The van der Waals surface area contributed by atoms with Gasteiger partial charge < -0.3 is 19.2 Å². The minimum Gasteiger partial charge on any atom is -0.466 e. The molecule has 0 aliphatic heterocycles. The zero-order valence-electron chi connectivity index (χ0n) is 27.6. The SMILES string of the molecule is COC(=O)/C=C\CCC[C@@]1(NC(=O)OC(C)(C)C)CCC[C@@H]1[C@@H](C)CO[Si](c1ccccc1)(c1ccccc1)C(C)(C)C. The molecule has 0 bridgehead atoms. The molecule has 3 rings (SSSR count). The Balaban J connectivity index is 1.91. The van der Waals surface area contributed by atoms with Crippen LogP contribution in [-0.2, 0) is 18.7 Å². The second-order valence-corrected chi connectivity index (χ2v) is 18.4. The summed E-state index contributed by atoms with van der Waals surface area (Å²) >= 11 is 0. The molecule has 0 aromatic heterocycles. The van der Waals surface area contributed by atoms with Crippen LogP contribution in [0.3, 0.4) is 0 Å². The number of methoxy groups -OCH3 is 1. The van der Waals surface area contributed by atoms with Crippen LogP contribution in [0.4, 0.5) is 4.79 Å². The standard InChI is InChI=1S/C36H53NO5Si/c1-28(27-41-43(35(5,6)7,29-19-12-9-13-20-29)30-21-14-10-15-22-30)31-23-18-26-36(31,37-33(39)42-34(2,3)4)25-17-11-16-24-32(38)40-8/h9-10,12-16,19-22,24,28,31H,11,17-18,23,25-27H2,1-8H3,(H,37,39)/b24-16-/t28-,31+,36+/m0/s1. The molecule has 3 atom stereocenters. The average Bonchev–Trinajstić information content (AvgIpc) is 3.35. The van der Waals surface area contributed by atoms with E-state index >= 15 is 0 Å². The minimum absolute atomic E-state index is 0.108. The molecule has 1 amide bonds. The highest BCUT2D eigenvalue weighted by Crippen LogP contribution is 2.45. The molecule has 1 saturated carbocycles. The first-order valence-corrected chi connectivity index (χ1v) is 17.7. The zero-order chi connectivity index (χ0) is 31.7. The fourth-order valence-electron chi connectivity index (χ4n) is 6.88. The number of amides is 1. The lowest BCUT2D eigenvalue weighted by Gasteiger charge is -2.45.